The highest BCUT2D eigenvalue weighted by Crippen LogP contribution is 2.36. The summed E-state index contributed by atoms with van der Waals surface area (Å²) in [5.74, 6) is 0. The summed E-state index contributed by atoms with van der Waals surface area (Å²) in [6.07, 6.45) is 0. The summed E-state index contributed by atoms with van der Waals surface area (Å²) in [7, 11) is -1.87. The number of thiophene rings is 1. The van der Waals surface area contributed by atoms with Gasteiger partial charge >= 0.3 is 5.69 Å². The molecule has 0 aliphatic rings. The Hall–Kier alpha value is -1.18. The maximum Gasteiger partial charge on any atom is 0.329 e. The van der Waals surface area contributed by atoms with Crippen LogP contribution in [0.3, 0.4) is 0 Å². The molecule has 0 saturated carbocycles. The van der Waals surface area contributed by atoms with E-state index in [1.54, 1.807) is 0 Å². The first-order valence-corrected chi connectivity index (χ1v) is 11.2. The Kier molecular flexibility index (Phi) is 4.52. The van der Waals surface area contributed by atoms with Gasteiger partial charge in [-0.3, -0.25) is 14.3 Å². The van der Waals surface area contributed by atoms with Gasteiger partial charge in [0.2, 0.25) is 0 Å². The zero-order valence-corrected chi connectivity index (χ0v) is 15.9. The molecule has 0 fully saturated rings. The minimum Gasteiger partial charge on any atom is -0.415 e. The van der Waals surface area contributed by atoms with Crippen molar-refractivity contribution in [2.45, 2.75) is 52.4 Å². The quantitative estimate of drug-likeness (QED) is 0.870. The summed E-state index contributed by atoms with van der Waals surface area (Å²) in [4.78, 5) is 28.0. The lowest BCUT2D eigenvalue weighted by Crippen LogP contribution is -2.43. The Labute approximate surface area is 135 Å². The van der Waals surface area contributed by atoms with Crippen LogP contribution in [0.2, 0.25) is 18.1 Å². The van der Waals surface area contributed by atoms with Crippen molar-refractivity contribution in [1.29, 1.82) is 0 Å². The fraction of sp³-hybridized carbons (Fsp3) is 0.600. The lowest BCUT2D eigenvalue weighted by atomic mass is 10.2. The van der Waals surface area contributed by atoms with E-state index in [1.165, 1.54) is 15.9 Å². The Morgan fingerprint density at radius 1 is 1.32 bits per heavy atom. The van der Waals surface area contributed by atoms with E-state index in [1.807, 2.05) is 12.3 Å². The predicted octanol–water partition coefficient (Wildman–Crippen LogP) is 3.08. The van der Waals surface area contributed by atoms with Crippen molar-refractivity contribution in [2.75, 3.05) is 6.61 Å². The summed E-state index contributed by atoms with van der Waals surface area (Å²) >= 11 is 1.39. The van der Waals surface area contributed by atoms with Gasteiger partial charge in [0.25, 0.3) is 5.56 Å². The first-order valence-electron chi connectivity index (χ1n) is 7.39. The Morgan fingerprint density at radius 2 is 1.95 bits per heavy atom. The molecule has 2 aromatic rings. The van der Waals surface area contributed by atoms with Crippen molar-refractivity contribution < 1.29 is 4.43 Å². The van der Waals surface area contributed by atoms with Gasteiger partial charge in [-0.1, -0.05) is 20.8 Å². The molecule has 7 heteroatoms. The molecule has 2 rings (SSSR count). The number of aromatic amines is 1. The summed E-state index contributed by atoms with van der Waals surface area (Å²) in [6.45, 7) is 13.4. The van der Waals surface area contributed by atoms with Crippen LogP contribution in [0.25, 0.3) is 10.2 Å². The van der Waals surface area contributed by atoms with Crippen molar-refractivity contribution in [2.24, 2.45) is 0 Å². The number of hydrogen-bond donors (Lipinski definition) is 1. The number of rotatable bonds is 4. The second-order valence-electron chi connectivity index (χ2n) is 7.12. The molecule has 0 unspecified atom stereocenters. The fourth-order valence-electron chi connectivity index (χ4n) is 2.01. The molecule has 5 nitrogen and oxygen atoms in total. The third-order valence-corrected chi connectivity index (χ3v) is 10.0. The Morgan fingerprint density at radius 3 is 2.55 bits per heavy atom. The molecule has 0 radical (unpaired) electrons. The number of nitrogens with zero attached hydrogens (tertiary/aromatic N) is 1. The molecule has 0 atom stereocenters. The van der Waals surface area contributed by atoms with Gasteiger partial charge in [-0.15, -0.1) is 11.3 Å². The summed E-state index contributed by atoms with van der Waals surface area (Å²) in [5, 5.41) is 2.61. The van der Waals surface area contributed by atoms with Crippen molar-refractivity contribution in [3.05, 3.63) is 31.8 Å². The van der Waals surface area contributed by atoms with Gasteiger partial charge < -0.3 is 4.43 Å². The molecule has 1 N–H and O–H groups in total. The van der Waals surface area contributed by atoms with E-state index in [4.69, 9.17) is 4.43 Å². The minimum atomic E-state index is -1.87. The van der Waals surface area contributed by atoms with Gasteiger partial charge in [0.05, 0.1) is 18.5 Å². The van der Waals surface area contributed by atoms with Crippen LogP contribution < -0.4 is 11.2 Å². The molecular formula is C15H24N2O3SSi. The average Bonchev–Trinajstić information content (AvgIpc) is 2.73. The van der Waals surface area contributed by atoms with Crippen molar-refractivity contribution in [1.82, 2.24) is 9.55 Å². The average molecular weight is 341 g/mol. The molecule has 0 aliphatic heterocycles. The van der Waals surface area contributed by atoms with Crippen LogP contribution in [0.4, 0.5) is 0 Å². The lowest BCUT2D eigenvalue weighted by Gasteiger charge is -2.36. The van der Waals surface area contributed by atoms with Gasteiger partial charge in [-0.05, 0) is 36.0 Å². The molecule has 2 heterocycles. The monoisotopic (exact) mass is 340 g/mol. The number of nitrogens with one attached hydrogen (secondary N) is 1. The number of aryl methyl sites for hydroxylation is 1. The normalized spacial score (nSPS) is 13.0. The smallest absolute Gasteiger partial charge is 0.329 e. The molecule has 0 saturated heterocycles. The van der Waals surface area contributed by atoms with E-state index in [9.17, 15) is 9.59 Å². The van der Waals surface area contributed by atoms with Crippen LogP contribution in [0.5, 0.6) is 0 Å². The van der Waals surface area contributed by atoms with E-state index in [2.05, 4.69) is 38.8 Å². The van der Waals surface area contributed by atoms with Crippen LogP contribution in [-0.2, 0) is 11.0 Å². The topological polar surface area (TPSA) is 64.1 Å². The fourth-order valence-corrected chi connectivity index (χ4v) is 3.96. The van der Waals surface area contributed by atoms with Gasteiger partial charge in [-0.25, -0.2) is 4.79 Å². The highest BCUT2D eigenvalue weighted by Gasteiger charge is 2.36. The number of fused-ring (bicyclic) bond motifs is 1. The van der Waals surface area contributed by atoms with E-state index >= 15 is 0 Å². The van der Waals surface area contributed by atoms with E-state index in [0.717, 1.165) is 5.56 Å². The van der Waals surface area contributed by atoms with E-state index in [0.29, 0.717) is 16.8 Å². The predicted molar refractivity (Wildman–Crippen MR) is 94.6 cm³/mol. The van der Waals surface area contributed by atoms with Crippen molar-refractivity contribution in [3.63, 3.8) is 0 Å². The first-order chi connectivity index (χ1) is 10.0. The first kappa shape index (κ1) is 17.2. The largest absolute Gasteiger partial charge is 0.415 e. The molecule has 0 spiro atoms. The number of H-pyrrole nitrogens is 1. The minimum absolute atomic E-state index is 0.109. The molecule has 22 heavy (non-hydrogen) atoms. The Balaban J connectivity index is 2.25. The SMILES string of the molecule is Cc1csc2[nH]c(=O)n(CCO[Si](C)(C)C(C)(C)C)c(=O)c12. The van der Waals surface area contributed by atoms with Crippen LogP contribution in [0.15, 0.2) is 15.0 Å². The van der Waals surface area contributed by atoms with Gasteiger partial charge in [0.1, 0.15) is 4.83 Å². The zero-order valence-electron chi connectivity index (χ0n) is 14.1. The van der Waals surface area contributed by atoms with Crippen molar-refractivity contribution >= 4 is 29.9 Å². The third-order valence-electron chi connectivity index (χ3n) is 4.48. The molecule has 0 aromatic carbocycles. The van der Waals surface area contributed by atoms with Crippen LogP contribution in [-0.4, -0.2) is 24.5 Å². The third kappa shape index (κ3) is 3.11. The maximum atomic E-state index is 12.5. The second-order valence-corrected chi connectivity index (χ2v) is 12.8. The van der Waals surface area contributed by atoms with Crippen LogP contribution >= 0.6 is 11.3 Å². The standard InChI is InChI=1S/C15H24N2O3SSi/c1-10-9-21-12-11(10)13(18)17(14(19)16-12)7-8-20-22(5,6)15(2,3)4/h9H,7-8H2,1-6H3,(H,16,19). The summed E-state index contributed by atoms with van der Waals surface area (Å²) < 4.78 is 7.31. The Bertz CT molecular complexity index is 796. The highest BCUT2D eigenvalue weighted by atomic mass is 32.1. The summed E-state index contributed by atoms with van der Waals surface area (Å²) in [5.41, 5.74) is 0.315. The molecule has 2 aromatic heterocycles. The maximum absolute atomic E-state index is 12.5. The van der Waals surface area contributed by atoms with Gasteiger partial charge in [-0.2, -0.15) is 0 Å². The molecule has 122 valence electrons. The number of hydrogen-bond acceptors (Lipinski definition) is 4. The summed E-state index contributed by atoms with van der Waals surface area (Å²) in [6, 6.07) is 0. The number of aromatic nitrogens is 2. The van der Waals surface area contributed by atoms with Gasteiger partial charge in [0, 0.05) is 0 Å². The molecule has 0 aliphatic carbocycles. The zero-order chi connectivity index (χ0) is 16.7. The molecule has 0 bridgehead atoms. The molecule has 0 amide bonds. The van der Waals surface area contributed by atoms with E-state index < -0.39 is 8.32 Å². The van der Waals surface area contributed by atoms with Crippen LogP contribution in [0, 0.1) is 6.92 Å². The van der Waals surface area contributed by atoms with Crippen LogP contribution in [0.1, 0.15) is 26.3 Å². The van der Waals surface area contributed by atoms with Crippen molar-refractivity contribution in [3.8, 4) is 0 Å². The molecular weight excluding hydrogens is 316 g/mol. The second kappa shape index (κ2) is 5.79. The van der Waals surface area contributed by atoms with E-state index in [-0.39, 0.29) is 22.8 Å². The highest BCUT2D eigenvalue weighted by molar-refractivity contribution is 7.16. The lowest BCUT2D eigenvalue weighted by molar-refractivity contribution is 0.268. The van der Waals surface area contributed by atoms with Gasteiger partial charge in [0.15, 0.2) is 8.32 Å².